The molecule has 1 N–H and O–H groups in total. The summed E-state index contributed by atoms with van der Waals surface area (Å²) in [6.45, 7) is 5.58. The van der Waals surface area contributed by atoms with Gasteiger partial charge in [0.25, 0.3) is 5.91 Å². The number of likely N-dealkylation sites (tertiary alicyclic amines) is 1. The van der Waals surface area contributed by atoms with E-state index in [1.807, 2.05) is 40.6 Å². The summed E-state index contributed by atoms with van der Waals surface area (Å²) < 4.78 is 0. The molecule has 1 aromatic heterocycles. The average molecular weight is 385 g/mol. The summed E-state index contributed by atoms with van der Waals surface area (Å²) in [7, 11) is 0. The number of carbonyl (C=O) groups is 2. The van der Waals surface area contributed by atoms with E-state index >= 15 is 0 Å². The Balaban J connectivity index is 1.65. The highest BCUT2D eigenvalue weighted by molar-refractivity contribution is 7.12. The van der Waals surface area contributed by atoms with Crippen molar-refractivity contribution in [2.75, 3.05) is 13.1 Å². The summed E-state index contributed by atoms with van der Waals surface area (Å²) in [4.78, 5) is 28.2. The summed E-state index contributed by atoms with van der Waals surface area (Å²) in [6.07, 6.45) is 2.61. The van der Waals surface area contributed by atoms with Gasteiger partial charge in [0.2, 0.25) is 5.91 Å². The first-order chi connectivity index (χ1) is 13.0. The Kier molecular flexibility index (Phi) is 6.67. The number of nitrogens with one attached hydrogen (secondary N) is 1. The average Bonchev–Trinajstić information content (AvgIpc) is 3.22. The maximum atomic E-state index is 13.0. The van der Waals surface area contributed by atoms with Crippen LogP contribution in [0.2, 0.25) is 0 Å². The number of rotatable bonds is 6. The van der Waals surface area contributed by atoms with Gasteiger partial charge in [-0.3, -0.25) is 9.59 Å². The molecular weight excluding hydrogens is 356 g/mol. The van der Waals surface area contributed by atoms with Gasteiger partial charge in [0.1, 0.15) is 0 Å². The molecular formula is C22H28N2O2S. The summed E-state index contributed by atoms with van der Waals surface area (Å²) in [5.74, 6) is 0.456. The Morgan fingerprint density at radius 1 is 1.19 bits per heavy atom. The van der Waals surface area contributed by atoms with E-state index in [1.54, 1.807) is 0 Å². The highest BCUT2D eigenvalue weighted by Crippen LogP contribution is 2.24. The maximum Gasteiger partial charge on any atom is 0.263 e. The van der Waals surface area contributed by atoms with Crippen molar-refractivity contribution >= 4 is 23.2 Å². The zero-order valence-corrected chi connectivity index (χ0v) is 16.9. The molecule has 1 aromatic carbocycles. The first kappa shape index (κ1) is 19.6. The number of thiophene rings is 1. The zero-order valence-electron chi connectivity index (χ0n) is 16.1. The molecule has 0 spiro atoms. The predicted molar refractivity (Wildman–Crippen MR) is 110 cm³/mol. The van der Waals surface area contributed by atoms with E-state index in [1.165, 1.54) is 11.3 Å². The van der Waals surface area contributed by atoms with Crippen LogP contribution in [0.4, 0.5) is 0 Å². The van der Waals surface area contributed by atoms with E-state index in [2.05, 4.69) is 31.3 Å². The second-order valence-corrected chi connectivity index (χ2v) is 8.62. The van der Waals surface area contributed by atoms with Crippen molar-refractivity contribution < 1.29 is 9.59 Å². The second-order valence-electron chi connectivity index (χ2n) is 7.67. The van der Waals surface area contributed by atoms with E-state index in [9.17, 15) is 9.59 Å². The largest absolute Gasteiger partial charge is 0.349 e. The van der Waals surface area contributed by atoms with Crippen LogP contribution in [-0.4, -0.2) is 29.8 Å². The monoisotopic (exact) mass is 384 g/mol. The molecule has 5 heteroatoms. The fraction of sp³-hybridized carbons (Fsp3) is 0.455. The quantitative estimate of drug-likeness (QED) is 0.797. The number of hydrogen-bond donors (Lipinski definition) is 1. The van der Waals surface area contributed by atoms with Crippen LogP contribution in [0.3, 0.4) is 0 Å². The molecule has 1 fully saturated rings. The standard InChI is InChI=1S/C22H28N2O2S/c1-16(2)14-19(17-8-4-3-5-9-17)23-21(25)18-10-6-12-24(15-18)22(26)20-11-7-13-27-20/h3-5,7-9,11,13,16,18-19H,6,10,12,14-15H2,1-2H3,(H,23,25). The third-order valence-electron chi connectivity index (χ3n) is 5.04. The lowest BCUT2D eigenvalue weighted by molar-refractivity contribution is -0.127. The normalized spacial score (nSPS) is 18.3. The first-order valence-corrected chi connectivity index (χ1v) is 10.6. The number of carbonyl (C=O) groups excluding carboxylic acids is 2. The fourth-order valence-electron chi connectivity index (χ4n) is 3.66. The van der Waals surface area contributed by atoms with Gasteiger partial charge in [0.15, 0.2) is 0 Å². The Morgan fingerprint density at radius 2 is 1.96 bits per heavy atom. The van der Waals surface area contributed by atoms with Gasteiger partial charge in [-0.25, -0.2) is 0 Å². The minimum absolute atomic E-state index is 0.0158. The Morgan fingerprint density at radius 3 is 2.63 bits per heavy atom. The van der Waals surface area contributed by atoms with E-state index in [-0.39, 0.29) is 23.8 Å². The first-order valence-electron chi connectivity index (χ1n) is 9.72. The van der Waals surface area contributed by atoms with Gasteiger partial charge in [-0.2, -0.15) is 0 Å². The van der Waals surface area contributed by atoms with Crippen molar-refractivity contribution in [1.82, 2.24) is 10.2 Å². The molecule has 2 unspecified atom stereocenters. The molecule has 4 nitrogen and oxygen atoms in total. The second kappa shape index (κ2) is 9.18. The van der Waals surface area contributed by atoms with Gasteiger partial charge in [-0.1, -0.05) is 50.2 Å². The Bertz CT molecular complexity index is 743. The molecule has 0 saturated carbocycles. The third-order valence-corrected chi connectivity index (χ3v) is 5.89. The SMILES string of the molecule is CC(C)CC(NC(=O)C1CCCN(C(=O)c2cccs2)C1)c1ccccc1. The van der Waals surface area contributed by atoms with Gasteiger partial charge in [0.05, 0.1) is 16.8 Å². The highest BCUT2D eigenvalue weighted by Gasteiger charge is 2.30. The Hall–Kier alpha value is -2.14. The topological polar surface area (TPSA) is 49.4 Å². The molecule has 2 heterocycles. The zero-order chi connectivity index (χ0) is 19.2. The third kappa shape index (κ3) is 5.19. The summed E-state index contributed by atoms with van der Waals surface area (Å²) in [6, 6.07) is 13.9. The smallest absolute Gasteiger partial charge is 0.263 e. The van der Waals surface area contributed by atoms with Crippen LogP contribution >= 0.6 is 11.3 Å². The lowest BCUT2D eigenvalue weighted by atomic mass is 9.93. The van der Waals surface area contributed by atoms with E-state index in [4.69, 9.17) is 0 Å². The molecule has 1 saturated heterocycles. The van der Waals surface area contributed by atoms with Crippen LogP contribution in [0, 0.1) is 11.8 Å². The van der Waals surface area contributed by atoms with E-state index in [0.717, 1.165) is 36.2 Å². The lowest BCUT2D eigenvalue weighted by Crippen LogP contribution is -2.46. The molecule has 1 aliphatic heterocycles. The number of piperidine rings is 1. The predicted octanol–water partition coefficient (Wildman–Crippen LogP) is 4.50. The van der Waals surface area contributed by atoms with Crippen LogP contribution in [0.1, 0.15) is 54.4 Å². The van der Waals surface area contributed by atoms with Gasteiger partial charge in [-0.15, -0.1) is 11.3 Å². The molecule has 2 atom stereocenters. The van der Waals surface area contributed by atoms with Gasteiger partial charge < -0.3 is 10.2 Å². The summed E-state index contributed by atoms with van der Waals surface area (Å²) in [5, 5.41) is 5.17. The van der Waals surface area contributed by atoms with Crippen LogP contribution in [-0.2, 0) is 4.79 Å². The molecule has 144 valence electrons. The summed E-state index contributed by atoms with van der Waals surface area (Å²) >= 11 is 1.46. The van der Waals surface area contributed by atoms with Crippen molar-refractivity contribution in [2.45, 2.75) is 39.2 Å². The molecule has 2 aromatic rings. The minimum Gasteiger partial charge on any atom is -0.349 e. The lowest BCUT2D eigenvalue weighted by Gasteiger charge is -2.33. The highest BCUT2D eigenvalue weighted by atomic mass is 32.1. The van der Waals surface area contributed by atoms with Gasteiger partial charge in [-0.05, 0) is 42.2 Å². The van der Waals surface area contributed by atoms with E-state index in [0.29, 0.717) is 12.5 Å². The molecule has 27 heavy (non-hydrogen) atoms. The van der Waals surface area contributed by atoms with E-state index < -0.39 is 0 Å². The van der Waals surface area contributed by atoms with Gasteiger partial charge >= 0.3 is 0 Å². The van der Waals surface area contributed by atoms with Gasteiger partial charge in [0, 0.05) is 13.1 Å². The van der Waals surface area contributed by atoms with Crippen LogP contribution in [0.25, 0.3) is 0 Å². The number of amides is 2. The molecule has 1 aliphatic rings. The van der Waals surface area contributed by atoms with Crippen molar-refractivity contribution in [3.8, 4) is 0 Å². The van der Waals surface area contributed by atoms with Crippen molar-refractivity contribution in [3.05, 3.63) is 58.3 Å². The minimum atomic E-state index is -0.138. The van der Waals surface area contributed by atoms with Crippen molar-refractivity contribution in [1.29, 1.82) is 0 Å². The number of hydrogen-bond acceptors (Lipinski definition) is 3. The number of nitrogens with zero attached hydrogens (tertiary/aromatic N) is 1. The van der Waals surface area contributed by atoms with Crippen molar-refractivity contribution in [2.24, 2.45) is 11.8 Å². The molecule has 3 rings (SSSR count). The molecule has 0 aliphatic carbocycles. The molecule has 0 radical (unpaired) electrons. The van der Waals surface area contributed by atoms with Crippen LogP contribution < -0.4 is 5.32 Å². The Labute approximate surface area is 165 Å². The maximum absolute atomic E-state index is 13.0. The van der Waals surface area contributed by atoms with Crippen molar-refractivity contribution in [3.63, 3.8) is 0 Å². The van der Waals surface area contributed by atoms with Crippen LogP contribution in [0.15, 0.2) is 47.8 Å². The molecule has 2 amide bonds. The summed E-state index contributed by atoms with van der Waals surface area (Å²) in [5.41, 5.74) is 1.14. The fourth-order valence-corrected chi connectivity index (χ4v) is 4.35. The number of benzene rings is 1. The van der Waals surface area contributed by atoms with Crippen LogP contribution in [0.5, 0.6) is 0 Å². The molecule has 0 bridgehead atoms.